The van der Waals surface area contributed by atoms with Crippen molar-refractivity contribution in [2.75, 3.05) is 6.61 Å². The molecule has 0 aromatic carbocycles. The highest BCUT2D eigenvalue weighted by Crippen LogP contribution is 2.47. The number of ether oxygens (including phenoxy) is 1. The van der Waals surface area contributed by atoms with Crippen molar-refractivity contribution in [1.82, 2.24) is 0 Å². The zero-order chi connectivity index (χ0) is 11.8. The van der Waals surface area contributed by atoms with Crippen molar-refractivity contribution in [3.05, 3.63) is 0 Å². The molecule has 0 N–H and O–H groups in total. The van der Waals surface area contributed by atoms with E-state index in [0.717, 1.165) is 24.4 Å². The molecule has 2 fully saturated rings. The van der Waals surface area contributed by atoms with E-state index < -0.39 is 0 Å². The SMILES string of the molecule is CC[C@H]1C2CCCCC2OC[C@H]1C(C)(C)C. The zero-order valence-corrected chi connectivity index (χ0v) is 11.5. The van der Waals surface area contributed by atoms with E-state index in [4.69, 9.17) is 4.74 Å². The second-order valence-electron chi connectivity index (χ2n) is 6.86. The fourth-order valence-corrected chi connectivity index (χ4v) is 3.95. The average molecular weight is 224 g/mol. The van der Waals surface area contributed by atoms with Crippen LogP contribution in [-0.2, 0) is 4.74 Å². The molecule has 0 spiro atoms. The number of fused-ring (bicyclic) bond motifs is 1. The van der Waals surface area contributed by atoms with Gasteiger partial charge in [-0.05, 0) is 36.0 Å². The van der Waals surface area contributed by atoms with Crippen molar-refractivity contribution < 1.29 is 4.74 Å². The molecule has 16 heavy (non-hydrogen) atoms. The smallest absolute Gasteiger partial charge is 0.0606 e. The maximum absolute atomic E-state index is 6.15. The summed E-state index contributed by atoms with van der Waals surface area (Å²) in [4.78, 5) is 0. The molecule has 0 aromatic heterocycles. The second kappa shape index (κ2) is 4.68. The molecule has 1 heteroatoms. The highest BCUT2D eigenvalue weighted by atomic mass is 16.5. The lowest BCUT2D eigenvalue weighted by Crippen LogP contribution is -2.47. The van der Waals surface area contributed by atoms with Gasteiger partial charge in [0.25, 0.3) is 0 Å². The van der Waals surface area contributed by atoms with E-state index in [0.29, 0.717) is 11.5 Å². The largest absolute Gasteiger partial charge is 0.378 e. The average Bonchev–Trinajstić information content (AvgIpc) is 2.26. The van der Waals surface area contributed by atoms with Crippen molar-refractivity contribution in [2.24, 2.45) is 23.2 Å². The van der Waals surface area contributed by atoms with Gasteiger partial charge in [-0.3, -0.25) is 0 Å². The summed E-state index contributed by atoms with van der Waals surface area (Å²) in [5.41, 5.74) is 0.406. The molecular weight excluding hydrogens is 196 g/mol. The van der Waals surface area contributed by atoms with Gasteiger partial charge in [0.05, 0.1) is 12.7 Å². The summed E-state index contributed by atoms with van der Waals surface area (Å²) in [6, 6.07) is 0. The van der Waals surface area contributed by atoms with Crippen LogP contribution in [0.4, 0.5) is 0 Å². The molecule has 2 aliphatic rings. The third-order valence-corrected chi connectivity index (χ3v) is 4.89. The van der Waals surface area contributed by atoms with Crippen LogP contribution in [0.15, 0.2) is 0 Å². The third kappa shape index (κ3) is 2.30. The molecule has 0 bridgehead atoms. The molecule has 1 heterocycles. The van der Waals surface area contributed by atoms with Gasteiger partial charge in [0.2, 0.25) is 0 Å². The Labute approximate surface area is 101 Å². The molecule has 94 valence electrons. The molecule has 0 aromatic rings. The Morgan fingerprint density at radius 1 is 1.12 bits per heavy atom. The predicted molar refractivity (Wildman–Crippen MR) is 68.4 cm³/mol. The molecule has 1 aliphatic carbocycles. The van der Waals surface area contributed by atoms with Gasteiger partial charge in [0.15, 0.2) is 0 Å². The second-order valence-corrected chi connectivity index (χ2v) is 6.86. The Bertz CT molecular complexity index is 228. The minimum Gasteiger partial charge on any atom is -0.378 e. The monoisotopic (exact) mass is 224 g/mol. The fourth-order valence-electron chi connectivity index (χ4n) is 3.95. The molecule has 4 atom stereocenters. The van der Waals surface area contributed by atoms with Crippen LogP contribution in [0.2, 0.25) is 0 Å². The first kappa shape index (κ1) is 12.4. The summed E-state index contributed by atoms with van der Waals surface area (Å²) in [6.07, 6.45) is 7.48. The minimum atomic E-state index is 0.406. The van der Waals surface area contributed by atoms with E-state index in [-0.39, 0.29) is 0 Å². The quantitative estimate of drug-likeness (QED) is 0.646. The lowest BCUT2D eigenvalue weighted by atomic mass is 9.63. The van der Waals surface area contributed by atoms with E-state index >= 15 is 0 Å². The first-order valence-electron chi connectivity index (χ1n) is 7.15. The lowest BCUT2D eigenvalue weighted by molar-refractivity contribution is -0.135. The number of hydrogen-bond acceptors (Lipinski definition) is 1. The van der Waals surface area contributed by atoms with Gasteiger partial charge in [-0.2, -0.15) is 0 Å². The van der Waals surface area contributed by atoms with Gasteiger partial charge in [-0.1, -0.05) is 47.0 Å². The standard InChI is InChI=1S/C15H28O/c1-5-11-12-8-6-7-9-14(12)16-10-13(11)15(2,3)4/h11-14H,5-10H2,1-4H3/t11-,12?,13+,14?/m0/s1. The van der Waals surface area contributed by atoms with Gasteiger partial charge >= 0.3 is 0 Å². The van der Waals surface area contributed by atoms with Crippen LogP contribution in [0.3, 0.4) is 0 Å². The van der Waals surface area contributed by atoms with Crippen LogP contribution >= 0.6 is 0 Å². The van der Waals surface area contributed by atoms with Crippen molar-refractivity contribution in [3.8, 4) is 0 Å². The Morgan fingerprint density at radius 2 is 1.81 bits per heavy atom. The Morgan fingerprint density at radius 3 is 2.44 bits per heavy atom. The Balaban J connectivity index is 2.13. The van der Waals surface area contributed by atoms with Crippen molar-refractivity contribution >= 4 is 0 Å². The van der Waals surface area contributed by atoms with E-state index in [1.165, 1.54) is 32.1 Å². The van der Waals surface area contributed by atoms with Gasteiger partial charge in [-0.25, -0.2) is 0 Å². The summed E-state index contributed by atoms with van der Waals surface area (Å²) in [6.45, 7) is 10.5. The first-order valence-corrected chi connectivity index (χ1v) is 7.15. The van der Waals surface area contributed by atoms with Crippen LogP contribution in [0, 0.1) is 23.2 Å². The maximum Gasteiger partial charge on any atom is 0.0606 e. The van der Waals surface area contributed by atoms with E-state index in [1.54, 1.807) is 0 Å². The van der Waals surface area contributed by atoms with Gasteiger partial charge in [0.1, 0.15) is 0 Å². The summed E-state index contributed by atoms with van der Waals surface area (Å²) in [5, 5.41) is 0. The maximum atomic E-state index is 6.15. The van der Waals surface area contributed by atoms with Crippen LogP contribution in [0.25, 0.3) is 0 Å². The summed E-state index contributed by atoms with van der Waals surface area (Å²) in [7, 11) is 0. The molecule has 1 aliphatic heterocycles. The van der Waals surface area contributed by atoms with Crippen molar-refractivity contribution in [1.29, 1.82) is 0 Å². The van der Waals surface area contributed by atoms with E-state index in [2.05, 4.69) is 27.7 Å². The highest BCUT2D eigenvalue weighted by molar-refractivity contribution is 4.92. The summed E-state index contributed by atoms with van der Waals surface area (Å²) >= 11 is 0. The number of hydrogen-bond donors (Lipinski definition) is 0. The molecule has 1 saturated heterocycles. The summed E-state index contributed by atoms with van der Waals surface area (Å²) < 4.78 is 6.15. The van der Waals surface area contributed by atoms with Crippen LogP contribution in [-0.4, -0.2) is 12.7 Å². The Kier molecular flexibility index (Phi) is 3.63. The normalized spacial score (nSPS) is 40.5. The van der Waals surface area contributed by atoms with Crippen LogP contribution < -0.4 is 0 Å². The molecule has 0 amide bonds. The zero-order valence-electron chi connectivity index (χ0n) is 11.5. The number of rotatable bonds is 1. The summed E-state index contributed by atoms with van der Waals surface area (Å²) in [5.74, 6) is 2.52. The minimum absolute atomic E-state index is 0.406. The lowest BCUT2D eigenvalue weighted by Gasteiger charge is -2.49. The molecule has 1 nitrogen and oxygen atoms in total. The third-order valence-electron chi connectivity index (χ3n) is 4.89. The van der Waals surface area contributed by atoms with Gasteiger partial charge in [0, 0.05) is 0 Å². The predicted octanol–water partition coefficient (Wildman–Crippen LogP) is 4.26. The van der Waals surface area contributed by atoms with Gasteiger partial charge in [-0.15, -0.1) is 0 Å². The fraction of sp³-hybridized carbons (Fsp3) is 1.00. The van der Waals surface area contributed by atoms with Crippen LogP contribution in [0.1, 0.15) is 59.8 Å². The van der Waals surface area contributed by atoms with Crippen molar-refractivity contribution in [2.45, 2.75) is 65.9 Å². The van der Waals surface area contributed by atoms with E-state index in [1.807, 2.05) is 0 Å². The molecular formula is C15H28O. The van der Waals surface area contributed by atoms with Crippen molar-refractivity contribution in [3.63, 3.8) is 0 Å². The molecule has 1 saturated carbocycles. The molecule has 2 unspecified atom stereocenters. The first-order chi connectivity index (χ1) is 7.54. The van der Waals surface area contributed by atoms with E-state index in [9.17, 15) is 0 Å². The molecule has 0 radical (unpaired) electrons. The highest BCUT2D eigenvalue weighted by Gasteiger charge is 2.44. The topological polar surface area (TPSA) is 9.23 Å². The Hall–Kier alpha value is -0.0400. The van der Waals surface area contributed by atoms with Gasteiger partial charge < -0.3 is 4.74 Å². The van der Waals surface area contributed by atoms with Crippen LogP contribution in [0.5, 0.6) is 0 Å². The molecule has 2 rings (SSSR count).